The molecule has 0 amide bonds. The van der Waals surface area contributed by atoms with E-state index >= 15 is 0 Å². The summed E-state index contributed by atoms with van der Waals surface area (Å²) >= 11 is 0. The molecule has 0 aliphatic rings. The zero-order chi connectivity index (χ0) is 15.8. The van der Waals surface area contributed by atoms with Gasteiger partial charge in [0.1, 0.15) is 5.75 Å². The van der Waals surface area contributed by atoms with Crippen LogP contribution in [0.25, 0.3) is 21.5 Å². The highest BCUT2D eigenvalue weighted by molar-refractivity contribution is 6.10. The second-order valence-corrected chi connectivity index (χ2v) is 4.78. The first-order chi connectivity index (χ1) is 10.8. The summed E-state index contributed by atoms with van der Waals surface area (Å²) in [4.78, 5) is 0. The lowest BCUT2D eigenvalue weighted by atomic mass is 10.0. The van der Waals surface area contributed by atoms with Crippen molar-refractivity contribution in [2.75, 3.05) is 13.2 Å². The van der Waals surface area contributed by atoms with Crippen molar-refractivity contribution in [2.45, 2.75) is 0 Å². The van der Waals surface area contributed by atoms with Gasteiger partial charge in [0.05, 0.1) is 13.2 Å². The van der Waals surface area contributed by atoms with E-state index in [1.807, 2.05) is 48.5 Å². The van der Waals surface area contributed by atoms with Crippen LogP contribution in [0.3, 0.4) is 0 Å². The molecule has 3 aromatic carbocycles. The summed E-state index contributed by atoms with van der Waals surface area (Å²) in [5.41, 5.74) is 0. The Labute approximate surface area is 131 Å². The Morgan fingerprint density at radius 2 is 1.36 bits per heavy atom. The van der Waals surface area contributed by atoms with Crippen molar-refractivity contribution >= 4 is 21.5 Å². The van der Waals surface area contributed by atoms with Crippen LogP contribution in [-0.4, -0.2) is 18.3 Å². The molecule has 0 aromatic heterocycles. The summed E-state index contributed by atoms with van der Waals surface area (Å²) in [6.45, 7) is 8.18. The van der Waals surface area contributed by atoms with Crippen molar-refractivity contribution in [1.82, 2.24) is 0 Å². The molecule has 0 unspecified atom stereocenters. The average Bonchev–Trinajstić information content (AvgIpc) is 2.56. The maximum atomic E-state index is 9.87. The molecule has 2 heteroatoms. The minimum Gasteiger partial charge on any atom is -0.507 e. The van der Waals surface area contributed by atoms with Gasteiger partial charge in [0.25, 0.3) is 0 Å². The van der Waals surface area contributed by atoms with E-state index in [0.717, 1.165) is 16.2 Å². The SMILES string of the molecule is C=CCOCC=C.Oc1cc2ccccc2c2ccccc12. The number of phenolic OH excluding ortho intramolecular Hbond substituents is 1. The number of ether oxygens (including phenoxy) is 1. The second kappa shape index (κ2) is 8.01. The molecule has 0 saturated heterocycles. The van der Waals surface area contributed by atoms with Gasteiger partial charge in [0, 0.05) is 5.39 Å². The molecule has 0 aliphatic heterocycles. The summed E-state index contributed by atoms with van der Waals surface area (Å²) < 4.78 is 4.90. The molecule has 0 spiro atoms. The smallest absolute Gasteiger partial charge is 0.124 e. The van der Waals surface area contributed by atoms with Crippen LogP contribution in [0.2, 0.25) is 0 Å². The average molecular weight is 292 g/mol. The molecule has 1 N–H and O–H groups in total. The first-order valence-electron chi connectivity index (χ1n) is 7.17. The predicted octanol–water partition coefficient (Wildman–Crippen LogP) is 5.07. The van der Waals surface area contributed by atoms with E-state index in [1.54, 1.807) is 12.2 Å². The van der Waals surface area contributed by atoms with E-state index in [0.29, 0.717) is 19.0 Å². The van der Waals surface area contributed by atoms with Crippen LogP contribution >= 0.6 is 0 Å². The van der Waals surface area contributed by atoms with Crippen molar-refractivity contribution in [3.63, 3.8) is 0 Å². The lowest BCUT2D eigenvalue weighted by Gasteiger charge is -2.05. The maximum absolute atomic E-state index is 9.87. The molecule has 22 heavy (non-hydrogen) atoms. The van der Waals surface area contributed by atoms with Gasteiger partial charge >= 0.3 is 0 Å². The molecule has 0 aliphatic carbocycles. The van der Waals surface area contributed by atoms with E-state index in [9.17, 15) is 5.11 Å². The Morgan fingerprint density at radius 3 is 2.00 bits per heavy atom. The molecule has 3 rings (SSSR count). The highest BCUT2D eigenvalue weighted by atomic mass is 16.5. The fourth-order valence-corrected chi connectivity index (χ4v) is 2.27. The fourth-order valence-electron chi connectivity index (χ4n) is 2.27. The monoisotopic (exact) mass is 292 g/mol. The molecule has 0 heterocycles. The quantitative estimate of drug-likeness (QED) is 0.413. The van der Waals surface area contributed by atoms with Gasteiger partial charge in [-0.2, -0.15) is 0 Å². The van der Waals surface area contributed by atoms with Crippen LogP contribution in [0, 0.1) is 0 Å². The minimum atomic E-state index is 0.351. The highest BCUT2D eigenvalue weighted by Gasteiger charge is 2.03. The molecule has 3 aromatic rings. The Kier molecular flexibility index (Phi) is 5.75. The molecule has 2 nitrogen and oxygen atoms in total. The number of rotatable bonds is 4. The van der Waals surface area contributed by atoms with Gasteiger partial charge in [-0.3, -0.25) is 0 Å². The molecule has 0 fully saturated rings. The third-order valence-electron chi connectivity index (χ3n) is 3.22. The van der Waals surface area contributed by atoms with E-state index in [2.05, 4.69) is 19.2 Å². The normalized spacial score (nSPS) is 10.0. The predicted molar refractivity (Wildman–Crippen MR) is 94.3 cm³/mol. The third kappa shape index (κ3) is 3.74. The first kappa shape index (κ1) is 15.8. The Morgan fingerprint density at radius 1 is 0.818 bits per heavy atom. The third-order valence-corrected chi connectivity index (χ3v) is 3.22. The van der Waals surface area contributed by atoms with Gasteiger partial charge in [-0.05, 0) is 22.2 Å². The summed E-state index contributed by atoms with van der Waals surface area (Å²) in [6, 6.07) is 17.8. The van der Waals surface area contributed by atoms with Crippen molar-refractivity contribution in [1.29, 1.82) is 0 Å². The molecule has 0 saturated carbocycles. The van der Waals surface area contributed by atoms with Gasteiger partial charge in [-0.15, -0.1) is 13.2 Å². The number of aromatic hydroxyl groups is 1. The van der Waals surface area contributed by atoms with Crippen molar-refractivity contribution < 1.29 is 9.84 Å². The van der Waals surface area contributed by atoms with Crippen LogP contribution in [0.15, 0.2) is 79.9 Å². The molecular formula is C20H20O2. The lowest BCUT2D eigenvalue weighted by Crippen LogP contribution is -1.87. The van der Waals surface area contributed by atoms with Crippen LogP contribution < -0.4 is 0 Å². The van der Waals surface area contributed by atoms with E-state index in [1.165, 1.54) is 5.39 Å². The fraction of sp³-hybridized carbons (Fsp3) is 0.100. The first-order valence-corrected chi connectivity index (χ1v) is 7.17. The summed E-state index contributed by atoms with van der Waals surface area (Å²) in [5, 5.41) is 14.2. The maximum Gasteiger partial charge on any atom is 0.124 e. The Bertz CT molecular complexity index is 767. The number of hydrogen-bond donors (Lipinski definition) is 1. The lowest BCUT2D eigenvalue weighted by molar-refractivity contribution is 0.194. The van der Waals surface area contributed by atoms with Gasteiger partial charge in [-0.1, -0.05) is 60.7 Å². The van der Waals surface area contributed by atoms with Crippen LogP contribution in [0.5, 0.6) is 5.75 Å². The zero-order valence-corrected chi connectivity index (χ0v) is 12.5. The topological polar surface area (TPSA) is 29.5 Å². The van der Waals surface area contributed by atoms with Crippen LogP contribution in [0.4, 0.5) is 0 Å². The number of fused-ring (bicyclic) bond motifs is 3. The van der Waals surface area contributed by atoms with Crippen molar-refractivity contribution in [3.05, 3.63) is 79.9 Å². The van der Waals surface area contributed by atoms with Crippen LogP contribution in [0.1, 0.15) is 0 Å². The Balaban J connectivity index is 0.000000217. The van der Waals surface area contributed by atoms with Gasteiger partial charge in [-0.25, -0.2) is 0 Å². The van der Waals surface area contributed by atoms with E-state index in [4.69, 9.17) is 4.74 Å². The van der Waals surface area contributed by atoms with E-state index in [-0.39, 0.29) is 0 Å². The summed E-state index contributed by atoms with van der Waals surface area (Å²) in [6.07, 6.45) is 3.42. The molecule has 0 bridgehead atoms. The standard InChI is InChI=1S/C14H10O.C6H10O/c15-14-9-10-5-1-2-6-11(10)12-7-3-4-8-13(12)14;1-3-5-7-6-4-2/h1-9,15H;3-4H,1-2,5-6H2. The van der Waals surface area contributed by atoms with Gasteiger partial charge in [0.2, 0.25) is 0 Å². The molecule has 0 radical (unpaired) electrons. The summed E-state index contributed by atoms with van der Waals surface area (Å²) in [7, 11) is 0. The van der Waals surface area contributed by atoms with Gasteiger partial charge < -0.3 is 9.84 Å². The molecule has 112 valence electrons. The van der Waals surface area contributed by atoms with Crippen molar-refractivity contribution in [2.24, 2.45) is 0 Å². The molecular weight excluding hydrogens is 272 g/mol. The Hall–Kier alpha value is -2.58. The second-order valence-electron chi connectivity index (χ2n) is 4.78. The van der Waals surface area contributed by atoms with Gasteiger partial charge in [0.15, 0.2) is 0 Å². The van der Waals surface area contributed by atoms with Crippen LogP contribution in [-0.2, 0) is 4.74 Å². The largest absolute Gasteiger partial charge is 0.507 e. The summed E-state index contributed by atoms with van der Waals surface area (Å²) in [5.74, 6) is 0.351. The number of benzene rings is 3. The minimum absolute atomic E-state index is 0.351. The highest BCUT2D eigenvalue weighted by Crippen LogP contribution is 2.32. The number of hydrogen-bond acceptors (Lipinski definition) is 2. The zero-order valence-electron chi connectivity index (χ0n) is 12.5. The van der Waals surface area contributed by atoms with Crippen molar-refractivity contribution in [3.8, 4) is 5.75 Å². The number of phenols is 1. The van der Waals surface area contributed by atoms with E-state index < -0.39 is 0 Å². The molecule has 0 atom stereocenters.